The first kappa shape index (κ1) is 20.3. The van der Waals surface area contributed by atoms with Crippen molar-refractivity contribution in [2.75, 3.05) is 37.5 Å². The summed E-state index contributed by atoms with van der Waals surface area (Å²) in [5.74, 6) is 0.442. The van der Waals surface area contributed by atoms with Crippen LogP contribution >= 0.6 is 0 Å². The Kier molecular flexibility index (Phi) is 6.07. The molecule has 7 nitrogen and oxygen atoms in total. The molecule has 0 bridgehead atoms. The second-order valence-electron chi connectivity index (χ2n) is 6.36. The highest BCUT2D eigenvalue weighted by molar-refractivity contribution is 6.06. The van der Waals surface area contributed by atoms with Gasteiger partial charge in [0.2, 0.25) is 0 Å². The number of amides is 1. The van der Waals surface area contributed by atoms with Crippen LogP contribution in [-0.2, 0) is 0 Å². The Morgan fingerprint density at radius 3 is 2.45 bits per heavy atom. The molecule has 3 rings (SSSR count). The molecule has 2 aromatic carbocycles. The molecule has 1 amide bonds. The zero-order valence-electron chi connectivity index (χ0n) is 16.9. The smallest absolute Gasteiger partial charge is 0.349 e. The summed E-state index contributed by atoms with van der Waals surface area (Å²) in [6.07, 6.45) is 0. The summed E-state index contributed by atoms with van der Waals surface area (Å²) in [4.78, 5) is 27.3. The molecule has 1 N–H and O–H groups in total. The lowest BCUT2D eigenvalue weighted by atomic mass is 10.1. The van der Waals surface area contributed by atoms with Crippen LogP contribution in [0.5, 0.6) is 11.5 Å². The van der Waals surface area contributed by atoms with Gasteiger partial charge in [0.1, 0.15) is 22.6 Å². The number of methoxy groups -OCH3 is 2. The molecule has 0 aliphatic heterocycles. The zero-order chi connectivity index (χ0) is 21.0. The molecule has 152 valence electrons. The zero-order valence-corrected chi connectivity index (χ0v) is 16.9. The average molecular weight is 396 g/mol. The molecule has 0 spiro atoms. The number of hydrogen-bond donors (Lipinski definition) is 1. The van der Waals surface area contributed by atoms with Gasteiger partial charge in [-0.25, -0.2) is 4.79 Å². The van der Waals surface area contributed by atoms with E-state index in [2.05, 4.69) is 24.1 Å². The lowest BCUT2D eigenvalue weighted by molar-refractivity contribution is 0.102. The summed E-state index contributed by atoms with van der Waals surface area (Å²) >= 11 is 0. The minimum atomic E-state index is -0.695. The average Bonchev–Trinajstić information content (AvgIpc) is 2.74. The maximum Gasteiger partial charge on any atom is 0.349 e. The van der Waals surface area contributed by atoms with Crippen LogP contribution in [0.4, 0.5) is 11.4 Å². The van der Waals surface area contributed by atoms with E-state index in [1.165, 1.54) is 7.11 Å². The third kappa shape index (κ3) is 4.18. The molecule has 0 saturated carbocycles. The molecule has 1 heterocycles. The molecule has 7 heteroatoms. The minimum Gasteiger partial charge on any atom is -0.497 e. The van der Waals surface area contributed by atoms with E-state index in [-0.39, 0.29) is 5.56 Å². The van der Waals surface area contributed by atoms with Gasteiger partial charge in [-0.05, 0) is 44.2 Å². The van der Waals surface area contributed by atoms with Crippen molar-refractivity contribution in [3.05, 3.63) is 58.4 Å². The molecular formula is C22H24N2O5. The highest BCUT2D eigenvalue weighted by Gasteiger charge is 2.17. The largest absolute Gasteiger partial charge is 0.497 e. The number of fused-ring (bicyclic) bond motifs is 1. The number of nitrogens with zero attached hydrogens (tertiary/aromatic N) is 1. The summed E-state index contributed by atoms with van der Waals surface area (Å²) in [5, 5.41) is 3.37. The van der Waals surface area contributed by atoms with Crippen LogP contribution in [0.15, 0.2) is 51.7 Å². The summed E-state index contributed by atoms with van der Waals surface area (Å²) in [6, 6.07) is 12.1. The van der Waals surface area contributed by atoms with Crippen molar-refractivity contribution in [1.82, 2.24) is 0 Å². The van der Waals surface area contributed by atoms with Gasteiger partial charge in [-0.1, -0.05) is 0 Å². The molecule has 1 aromatic heterocycles. The molecule has 0 aliphatic rings. The highest BCUT2D eigenvalue weighted by atomic mass is 16.5. The lowest BCUT2D eigenvalue weighted by Gasteiger charge is -2.21. The highest BCUT2D eigenvalue weighted by Crippen LogP contribution is 2.29. The first-order valence-electron chi connectivity index (χ1n) is 9.36. The Morgan fingerprint density at radius 1 is 1.03 bits per heavy atom. The van der Waals surface area contributed by atoms with E-state index in [1.807, 2.05) is 18.2 Å². The SMILES string of the molecule is CCN(CC)c1ccc2cc(C(=O)Nc3ccc(OC)cc3OC)c(=O)oc2c1. The second-order valence-corrected chi connectivity index (χ2v) is 6.36. The van der Waals surface area contributed by atoms with E-state index in [1.54, 1.807) is 31.4 Å². The van der Waals surface area contributed by atoms with Crippen LogP contribution in [0, 0.1) is 0 Å². The number of hydrogen-bond acceptors (Lipinski definition) is 6. The predicted octanol–water partition coefficient (Wildman–Crippen LogP) is 3.91. The molecular weight excluding hydrogens is 372 g/mol. The van der Waals surface area contributed by atoms with E-state index < -0.39 is 11.5 Å². The number of carbonyl (C=O) groups excluding carboxylic acids is 1. The normalized spacial score (nSPS) is 10.6. The number of nitrogens with one attached hydrogen (secondary N) is 1. The van der Waals surface area contributed by atoms with Crippen LogP contribution in [-0.4, -0.2) is 33.2 Å². The predicted molar refractivity (Wildman–Crippen MR) is 114 cm³/mol. The van der Waals surface area contributed by atoms with Crippen LogP contribution in [0.1, 0.15) is 24.2 Å². The number of carbonyl (C=O) groups is 1. The standard InChI is InChI=1S/C22H24N2O5/c1-5-24(6-2)15-8-7-14-11-17(22(26)29-19(14)12-15)21(25)23-18-10-9-16(27-3)13-20(18)28-4/h7-13H,5-6H2,1-4H3,(H,23,25). The Labute approximate surface area is 168 Å². The fourth-order valence-electron chi connectivity index (χ4n) is 3.14. The van der Waals surface area contributed by atoms with Gasteiger partial charge in [0.05, 0.1) is 19.9 Å². The maximum absolute atomic E-state index is 12.7. The Bertz CT molecular complexity index is 1090. The molecule has 0 fully saturated rings. The minimum absolute atomic E-state index is 0.0778. The quantitative estimate of drug-likeness (QED) is 0.610. The van der Waals surface area contributed by atoms with Gasteiger partial charge in [-0.15, -0.1) is 0 Å². The van der Waals surface area contributed by atoms with Gasteiger partial charge in [-0.3, -0.25) is 4.79 Å². The van der Waals surface area contributed by atoms with Crippen molar-refractivity contribution in [3.63, 3.8) is 0 Å². The van der Waals surface area contributed by atoms with E-state index in [0.29, 0.717) is 28.2 Å². The topological polar surface area (TPSA) is 81.0 Å². The fraction of sp³-hybridized carbons (Fsp3) is 0.273. The number of rotatable bonds is 7. The summed E-state index contributed by atoms with van der Waals surface area (Å²) in [5.41, 5.74) is 1.06. The van der Waals surface area contributed by atoms with Crippen molar-refractivity contribution in [1.29, 1.82) is 0 Å². The number of anilines is 2. The van der Waals surface area contributed by atoms with Gasteiger partial charge in [0.25, 0.3) is 5.91 Å². The van der Waals surface area contributed by atoms with Gasteiger partial charge in [0.15, 0.2) is 0 Å². The van der Waals surface area contributed by atoms with Crippen molar-refractivity contribution >= 4 is 28.3 Å². The summed E-state index contributed by atoms with van der Waals surface area (Å²) < 4.78 is 15.9. The van der Waals surface area contributed by atoms with Gasteiger partial charge < -0.3 is 24.1 Å². The van der Waals surface area contributed by atoms with E-state index in [4.69, 9.17) is 13.9 Å². The lowest BCUT2D eigenvalue weighted by Crippen LogP contribution is -2.22. The molecule has 0 saturated heterocycles. The molecule has 0 unspecified atom stereocenters. The van der Waals surface area contributed by atoms with Crippen LogP contribution in [0.25, 0.3) is 11.0 Å². The first-order valence-corrected chi connectivity index (χ1v) is 9.36. The first-order chi connectivity index (χ1) is 14.0. The van der Waals surface area contributed by atoms with E-state index in [9.17, 15) is 9.59 Å². The number of ether oxygens (including phenoxy) is 2. The van der Waals surface area contributed by atoms with Gasteiger partial charge in [0, 0.05) is 36.3 Å². The van der Waals surface area contributed by atoms with Crippen molar-refractivity contribution in [2.24, 2.45) is 0 Å². The Hall–Kier alpha value is -3.48. The van der Waals surface area contributed by atoms with Crippen LogP contribution in [0.3, 0.4) is 0 Å². The Morgan fingerprint density at radius 2 is 1.79 bits per heavy atom. The molecule has 0 aliphatic carbocycles. The fourth-order valence-corrected chi connectivity index (χ4v) is 3.14. The molecule has 29 heavy (non-hydrogen) atoms. The molecule has 0 radical (unpaired) electrons. The van der Waals surface area contributed by atoms with Crippen molar-refractivity contribution < 1.29 is 18.7 Å². The summed E-state index contributed by atoms with van der Waals surface area (Å²) in [6.45, 7) is 5.81. The maximum atomic E-state index is 12.7. The number of benzene rings is 2. The van der Waals surface area contributed by atoms with Crippen molar-refractivity contribution in [2.45, 2.75) is 13.8 Å². The van der Waals surface area contributed by atoms with Crippen LogP contribution < -0.4 is 25.3 Å². The van der Waals surface area contributed by atoms with Crippen LogP contribution in [0.2, 0.25) is 0 Å². The summed E-state index contributed by atoms with van der Waals surface area (Å²) in [7, 11) is 3.03. The monoisotopic (exact) mass is 396 g/mol. The third-order valence-electron chi connectivity index (χ3n) is 4.75. The second kappa shape index (κ2) is 8.68. The van der Waals surface area contributed by atoms with Gasteiger partial charge >= 0.3 is 5.63 Å². The van der Waals surface area contributed by atoms with E-state index >= 15 is 0 Å². The van der Waals surface area contributed by atoms with Crippen molar-refractivity contribution in [3.8, 4) is 11.5 Å². The van der Waals surface area contributed by atoms with Gasteiger partial charge in [-0.2, -0.15) is 0 Å². The third-order valence-corrected chi connectivity index (χ3v) is 4.75. The molecule has 0 atom stereocenters. The Balaban J connectivity index is 1.93. The van der Waals surface area contributed by atoms with E-state index in [0.717, 1.165) is 18.8 Å². The molecule has 3 aromatic rings.